The lowest BCUT2D eigenvalue weighted by molar-refractivity contribution is 0.462. The summed E-state index contributed by atoms with van der Waals surface area (Å²) in [6, 6.07) is 5.75. The molecular weight excluding hydrogens is 254 g/mol. The molecule has 3 heteroatoms. The molecule has 0 aliphatic rings. The number of hydrogen-bond donors (Lipinski definition) is 1. The normalized spacial score (nSPS) is 11.2. The zero-order chi connectivity index (χ0) is 11.0. The van der Waals surface area contributed by atoms with Crippen LogP contribution in [-0.2, 0) is 0 Å². The molecule has 0 aliphatic heterocycles. The van der Waals surface area contributed by atoms with E-state index in [0.717, 1.165) is 20.9 Å². The third-order valence-corrected chi connectivity index (χ3v) is 3.27. The summed E-state index contributed by atoms with van der Waals surface area (Å²) in [6.45, 7) is 4.10. The topological polar surface area (TPSA) is 33.1 Å². The highest BCUT2D eigenvalue weighted by molar-refractivity contribution is 9.10. The fraction of sp³-hybridized carbons (Fsp3) is 0.250. The lowest BCUT2D eigenvalue weighted by Crippen LogP contribution is -1.91. The summed E-state index contributed by atoms with van der Waals surface area (Å²) in [5.74, 6) is 0.609. The molecule has 0 saturated heterocycles. The Labute approximate surface area is 97.1 Å². The zero-order valence-corrected chi connectivity index (χ0v) is 10.2. The van der Waals surface area contributed by atoms with E-state index < -0.39 is 0 Å². The van der Waals surface area contributed by atoms with Crippen molar-refractivity contribution in [1.29, 1.82) is 0 Å². The fourth-order valence-electron chi connectivity index (χ4n) is 1.63. The van der Waals surface area contributed by atoms with Crippen molar-refractivity contribution < 1.29 is 5.11 Å². The molecule has 1 aromatic heterocycles. The Kier molecular flexibility index (Phi) is 2.65. The van der Waals surface area contributed by atoms with Gasteiger partial charge in [-0.1, -0.05) is 19.9 Å². The van der Waals surface area contributed by atoms with E-state index in [0.29, 0.717) is 5.75 Å². The molecule has 2 aromatic rings. The second-order valence-electron chi connectivity index (χ2n) is 3.85. The van der Waals surface area contributed by atoms with Crippen LogP contribution in [0, 0.1) is 0 Å². The highest BCUT2D eigenvalue weighted by Crippen LogP contribution is 2.38. The molecular formula is C12H12BrNO. The number of fused-ring (bicyclic) bond motifs is 1. The molecule has 0 unspecified atom stereocenters. The quantitative estimate of drug-likeness (QED) is 0.851. The first-order valence-corrected chi connectivity index (χ1v) is 5.66. The summed E-state index contributed by atoms with van der Waals surface area (Å²) in [4.78, 5) is 4.29. The summed E-state index contributed by atoms with van der Waals surface area (Å²) >= 11 is 3.41. The third kappa shape index (κ3) is 1.72. The monoisotopic (exact) mass is 265 g/mol. The summed E-state index contributed by atoms with van der Waals surface area (Å²) in [5.41, 5.74) is 1.83. The maximum absolute atomic E-state index is 9.99. The molecule has 1 heterocycles. The molecule has 2 nitrogen and oxygen atoms in total. The van der Waals surface area contributed by atoms with Crippen molar-refractivity contribution in [2.75, 3.05) is 0 Å². The standard InChI is InChI=1S/C12H12BrNO/c1-7(2)9-6-10-8(4-3-5-14-10)11(13)12(9)15/h3-7,15H,1-2H3. The van der Waals surface area contributed by atoms with Crippen LogP contribution in [0.3, 0.4) is 0 Å². The van der Waals surface area contributed by atoms with E-state index in [9.17, 15) is 5.11 Å². The minimum atomic E-state index is 0.285. The third-order valence-electron chi connectivity index (χ3n) is 2.47. The predicted octanol–water partition coefficient (Wildman–Crippen LogP) is 3.83. The molecule has 0 amide bonds. The summed E-state index contributed by atoms with van der Waals surface area (Å²) in [5, 5.41) is 10.9. The summed E-state index contributed by atoms with van der Waals surface area (Å²) in [7, 11) is 0. The van der Waals surface area contributed by atoms with E-state index >= 15 is 0 Å². The summed E-state index contributed by atoms with van der Waals surface area (Å²) in [6.07, 6.45) is 1.76. The molecule has 0 radical (unpaired) electrons. The Bertz CT molecular complexity index is 508. The first-order chi connectivity index (χ1) is 7.11. The van der Waals surface area contributed by atoms with Crippen LogP contribution in [0.15, 0.2) is 28.9 Å². The SMILES string of the molecule is CC(C)c1cc2ncccc2c(Br)c1O. The second-order valence-corrected chi connectivity index (χ2v) is 4.65. The highest BCUT2D eigenvalue weighted by atomic mass is 79.9. The average molecular weight is 266 g/mol. The van der Waals surface area contributed by atoms with Crippen molar-refractivity contribution in [2.45, 2.75) is 19.8 Å². The van der Waals surface area contributed by atoms with Crippen LogP contribution in [0.4, 0.5) is 0 Å². The summed E-state index contributed by atoms with van der Waals surface area (Å²) < 4.78 is 0.733. The maximum Gasteiger partial charge on any atom is 0.133 e. The maximum atomic E-state index is 9.99. The van der Waals surface area contributed by atoms with Gasteiger partial charge in [-0.2, -0.15) is 0 Å². The van der Waals surface area contributed by atoms with Gasteiger partial charge >= 0.3 is 0 Å². The Morgan fingerprint density at radius 2 is 2.13 bits per heavy atom. The molecule has 0 saturated carbocycles. The van der Waals surface area contributed by atoms with E-state index in [1.165, 1.54) is 0 Å². The van der Waals surface area contributed by atoms with Crippen LogP contribution in [0.25, 0.3) is 10.9 Å². The Balaban J connectivity index is 2.82. The van der Waals surface area contributed by atoms with Gasteiger partial charge in [-0.3, -0.25) is 4.98 Å². The van der Waals surface area contributed by atoms with E-state index in [4.69, 9.17) is 0 Å². The first kappa shape index (κ1) is 10.4. The van der Waals surface area contributed by atoms with Crippen LogP contribution in [0.2, 0.25) is 0 Å². The largest absolute Gasteiger partial charge is 0.506 e. The average Bonchev–Trinajstić information content (AvgIpc) is 2.23. The number of aromatic nitrogens is 1. The van der Waals surface area contributed by atoms with Gasteiger partial charge in [0.1, 0.15) is 5.75 Å². The lowest BCUT2D eigenvalue weighted by atomic mass is 10.0. The first-order valence-electron chi connectivity index (χ1n) is 4.87. The van der Waals surface area contributed by atoms with Gasteiger partial charge in [0.2, 0.25) is 0 Å². The van der Waals surface area contributed by atoms with E-state index in [-0.39, 0.29) is 5.92 Å². The Morgan fingerprint density at radius 1 is 1.40 bits per heavy atom. The number of pyridine rings is 1. The van der Waals surface area contributed by atoms with Crippen molar-refractivity contribution >= 4 is 26.8 Å². The van der Waals surface area contributed by atoms with Gasteiger partial charge in [-0.25, -0.2) is 0 Å². The van der Waals surface area contributed by atoms with Crippen LogP contribution in [-0.4, -0.2) is 10.1 Å². The van der Waals surface area contributed by atoms with Crippen LogP contribution < -0.4 is 0 Å². The van der Waals surface area contributed by atoms with Gasteiger partial charge in [0.15, 0.2) is 0 Å². The molecule has 0 atom stereocenters. The van der Waals surface area contributed by atoms with E-state index in [1.807, 2.05) is 18.2 Å². The van der Waals surface area contributed by atoms with Crippen LogP contribution in [0.1, 0.15) is 25.3 Å². The van der Waals surface area contributed by atoms with Crippen molar-refractivity contribution in [3.8, 4) is 5.75 Å². The minimum absolute atomic E-state index is 0.285. The van der Waals surface area contributed by atoms with Crippen LogP contribution >= 0.6 is 15.9 Å². The van der Waals surface area contributed by atoms with Crippen molar-refractivity contribution in [3.05, 3.63) is 34.4 Å². The van der Waals surface area contributed by atoms with Crippen molar-refractivity contribution in [2.24, 2.45) is 0 Å². The molecule has 0 aliphatic carbocycles. The minimum Gasteiger partial charge on any atom is -0.506 e. The van der Waals surface area contributed by atoms with E-state index in [1.54, 1.807) is 6.20 Å². The molecule has 15 heavy (non-hydrogen) atoms. The molecule has 0 fully saturated rings. The predicted molar refractivity (Wildman–Crippen MR) is 65.2 cm³/mol. The number of phenolic OH excluding ortho intramolecular Hbond substituents is 1. The number of phenols is 1. The van der Waals surface area contributed by atoms with Gasteiger partial charge in [0.05, 0.1) is 9.99 Å². The Hall–Kier alpha value is -1.09. The molecule has 1 N–H and O–H groups in total. The fourth-order valence-corrected chi connectivity index (χ4v) is 2.19. The smallest absolute Gasteiger partial charge is 0.133 e. The van der Waals surface area contributed by atoms with Gasteiger partial charge in [0.25, 0.3) is 0 Å². The highest BCUT2D eigenvalue weighted by Gasteiger charge is 2.13. The molecule has 0 bridgehead atoms. The number of aromatic hydroxyl groups is 1. The zero-order valence-electron chi connectivity index (χ0n) is 8.66. The number of benzene rings is 1. The van der Waals surface area contributed by atoms with Gasteiger partial charge in [-0.15, -0.1) is 0 Å². The molecule has 0 spiro atoms. The van der Waals surface area contributed by atoms with E-state index in [2.05, 4.69) is 34.8 Å². The number of rotatable bonds is 1. The molecule has 2 rings (SSSR count). The van der Waals surface area contributed by atoms with Crippen LogP contribution in [0.5, 0.6) is 5.75 Å². The molecule has 1 aromatic carbocycles. The van der Waals surface area contributed by atoms with Gasteiger partial charge in [-0.05, 0) is 39.5 Å². The lowest BCUT2D eigenvalue weighted by Gasteiger charge is -2.11. The number of halogens is 1. The number of nitrogens with zero attached hydrogens (tertiary/aromatic N) is 1. The van der Waals surface area contributed by atoms with Crippen molar-refractivity contribution in [1.82, 2.24) is 4.98 Å². The van der Waals surface area contributed by atoms with Gasteiger partial charge < -0.3 is 5.11 Å². The Morgan fingerprint density at radius 3 is 2.80 bits per heavy atom. The van der Waals surface area contributed by atoms with Crippen molar-refractivity contribution in [3.63, 3.8) is 0 Å². The van der Waals surface area contributed by atoms with Gasteiger partial charge in [0, 0.05) is 11.6 Å². The molecule has 78 valence electrons. The number of hydrogen-bond acceptors (Lipinski definition) is 2. The second kappa shape index (κ2) is 3.81.